The maximum Gasteiger partial charge on any atom is 0.338 e. The minimum atomic E-state index is -2.76. The number of nitrogens with two attached hydrogens (primary N) is 1. The quantitative estimate of drug-likeness (QED) is 0.134. The number of carbonyl (C=O) groups excluding carboxylic acids is 6. The molecule has 286 valence electrons. The molecule has 16 heteroatoms. The molecule has 56 heavy (non-hydrogen) atoms. The summed E-state index contributed by atoms with van der Waals surface area (Å²) < 4.78 is 36.0. The van der Waals surface area contributed by atoms with E-state index < -0.39 is 79.1 Å². The summed E-state index contributed by atoms with van der Waals surface area (Å²) in [7, 11) is 0. The van der Waals surface area contributed by atoms with Crippen LogP contribution >= 0.6 is 0 Å². The molecule has 1 amide bonds. The Balaban J connectivity index is 1.52. The standard InChI is InChI=1S/C40H34N4O12/c1-25(45)51-23-30-22-44(43-42-30)40(39(41)50)34(55-38(49)29-20-12-5-13-21-29)33(54-37(48)28-18-10-4-11-19-28)32(53-36(47)27-16-8-3-9-17-27)31(56-40)24-52-35(46)26-14-6-2-7-15-26/h2-22,31-34H,23-24H2,1H3,(H2,41,50)/t31-,32-,33+,34-,40+/m1/s1. The van der Waals surface area contributed by atoms with Crippen molar-refractivity contribution in [2.24, 2.45) is 5.73 Å². The van der Waals surface area contributed by atoms with Gasteiger partial charge in [-0.3, -0.25) is 9.59 Å². The van der Waals surface area contributed by atoms with E-state index in [4.69, 9.17) is 34.2 Å². The van der Waals surface area contributed by atoms with Crippen molar-refractivity contribution in [2.45, 2.75) is 43.7 Å². The molecule has 1 saturated heterocycles. The molecule has 1 aromatic heterocycles. The fraction of sp³-hybridized carbons (Fsp3) is 0.200. The van der Waals surface area contributed by atoms with Gasteiger partial charge in [-0.1, -0.05) is 78.0 Å². The zero-order valence-electron chi connectivity index (χ0n) is 29.7. The van der Waals surface area contributed by atoms with E-state index in [-0.39, 0.29) is 27.9 Å². The third kappa shape index (κ3) is 8.61. The number of aromatic nitrogens is 3. The minimum Gasteiger partial charge on any atom is -0.459 e. The van der Waals surface area contributed by atoms with Crippen LogP contribution in [0.2, 0.25) is 0 Å². The van der Waals surface area contributed by atoms with Gasteiger partial charge >= 0.3 is 29.8 Å². The number of benzene rings is 4. The first kappa shape index (κ1) is 38.5. The summed E-state index contributed by atoms with van der Waals surface area (Å²) in [5.74, 6) is -5.79. The van der Waals surface area contributed by atoms with Gasteiger partial charge in [0.15, 0.2) is 12.2 Å². The Morgan fingerprint density at radius 3 is 1.55 bits per heavy atom. The number of rotatable bonds is 13. The Kier molecular flexibility index (Phi) is 11.9. The molecule has 1 fully saturated rings. The van der Waals surface area contributed by atoms with Gasteiger partial charge < -0.3 is 34.2 Å². The predicted octanol–water partition coefficient (Wildman–Crippen LogP) is 3.41. The molecule has 0 bridgehead atoms. The van der Waals surface area contributed by atoms with Crippen LogP contribution in [0, 0.1) is 0 Å². The van der Waals surface area contributed by atoms with Gasteiger partial charge in [0, 0.05) is 6.92 Å². The van der Waals surface area contributed by atoms with Crippen LogP contribution in [0.1, 0.15) is 54.0 Å². The topological polar surface area (TPSA) is 215 Å². The van der Waals surface area contributed by atoms with Crippen molar-refractivity contribution in [3.63, 3.8) is 0 Å². The first-order valence-corrected chi connectivity index (χ1v) is 17.1. The predicted molar refractivity (Wildman–Crippen MR) is 191 cm³/mol. The number of hydrogen-bond acceptors (Lipinski definition) is 14. The van der Waals surface area contributed by atoms with Crippen LogP contribution in [0.15, 0.2) is 128 Å². The second kappa shape index (κ2) is 17.3. The molecule has 2 heterocycles. The average molecular weight is 763 g/mol. The fourth-order valence-electron chi connectivity index (χ4n) is 5.82. The molecule has 0 saturated carbocycles. The van der Waals surface area contributed by atoms with Gasteiger partial charge in [-0.25, -0.2) is 23.9 Å². The van der Waals surface area contributed by atoms with Crippen molar-refractivity contribution in [1.29, 1.82) is 0 Å². The molecule has 1 aliphatic heterocycles. The molecule has 16 nitrogen and oxygen atoms in total. The van der Waals surface area contributed by atoms with Gasteiger partial charge in [-0.15, -0.1) is 5.10 Å². The number of nitrogens with zero attached hydrogens (tertiary/aromatic N) is 3. The van der Waals surface area contributed by atoms with E-state index in [9.17, 15) is 28.8 Å². The van der Waals surface area contributed by atoms with Crippen LogP contribution < -0.4 is 5.73 Å². The van der Waals surface area contributed by atoms with E-state index >= 15 is 0 Å². The van der Waals surface area contributed by atoms with E-state index in [1.54, 1.807) is 72.8 Å². The van der Waals surface area contributed by atoms with Gasteiger partial charge in [0.2, 0.25) is 6.10 Å². The highest BCUT2D eigenvalue weighted by molar-refractivity contribution is 5.92. The van der Waals surface area contributed by atoms with Crippen LogP contribution in [0.4, 0.5) is 0 Å². The van der Waals surface area contributed by atoms with Crippen molar-refractivity contribution in [3.8, 4) is 0 Å². The van der Waals surface area contributed by atoms with Gasteiger partial charge in [0.1, 0.15) is 25.0 Å². The highest BCUT2D eigenvalue weighted by atomic mass is 16.7. The highest BCUT2D eigenvalue weighted by Gasteiger charge is 2.65. The summed E-state index contributed by atoms with van der Waals surface area (Å²) in [4.78, 5) is 80.4. The minimum absolute atomic E-state index is 0.0000699. The van der Waals surface area contributed by atoms with Crippen molar-refractivity contribution in [1.82, 2.24) is 15.0 Å². The van der Waals surface area contributed by atoms with E-state index in [1.807, 2.05) is 0 Å². The first-order chi connectivity index (χ1) is 27.1. The number of carbonyl (C=O) groups is 6. The SMILES string of the molecule is CC(=O)OCc1cn([C@]2(C(N)=O)O[C@H](COC(=O)c3ccccc3)[C@@H](OC(=O)c3ccccc3)[C@H](OC(=O)c3ccccc3)[C@H]2OC(=O)c2ccccc2)nn1. The monoisotopic (exact) mass is 762 g/mol. The Hall–Kier alpha value is -7.20. The molecular weight excluding hydrogens is 728 g/mol. The number of ether oxygens (including phenoxy) is 6. The molecule has 0 radical (unpaired) electrons. The van der Waals surface area contributed by atoms with Crippen LogP contribution in [0.25, 0.3) is 0 Å². The molecule has 5 atom stereocenters. The lowest BCUT2D eigenvalue weighted by Crippen LogP contribution is -2.72. The van der Waals surface area contributed by atoms with E-state index in [0.717, 1.165) is 10.9 Å². The van der Waals surface area contributed by atoms with E-state index in [2.05, 4.69) is 10.3 Å². The molecule has 5 aromatic rings. The van der Waals surface area contributed by atoms with Crippen LogP contribution in [0.3, 0.4) is 0 Å². The summed E-state index contributed by atoms with van der Waals surface area (Å²) in [6, 6.07) is 31.0. The molecule has 0 spiro atoms. The Labute approximate surface area is 319 Å². The van der Waals surface area contributed by atoms with Crippen molar-refractivity contribution >= 4 is 35.8 Å². The summed E-state index contributed by atoms with van der Waals surface area (Å²) in [5.41, 5.74) is 3.63. The van der Waals surface area contributed by atoms with Gasteiger partial charge in [0.25, 0.3) is 11.6 Å². The van der Waals surface area contributed by atoms with Crippen LogP contribution in [0.5, 0.6) is 0 Å². The number of esters is 5. The van der Waals surface area contributed by atoms with Crippen molar-refractivity contribution < 1.29 is 57.2 Å². The number of amides is 1. The second-order valence-corrected chi connectivity index (χ2v) is 12.3. The summed E-state index contributed by atoms with van der Waals surface area (Å²) in [6.45, 7) is 0.0340. The Morgan fingerprint density at radius 2 is 1.09 bits per heavy atom. The molecule has 0 aliphatic carbocycles. The van der Waals surface area contributed by atoms with Crippen molar-refractivity contribution in [3.05, 3.63) is 155 Å². The fourth-order valence-corrected chi connectivity index (χ4v) is 5.82. The van der Waals surface area contributed by atoms with Crippen molar-refractivity contribution in [2.75, 3.05) is 6.61 Å². The lowest BCUT2D eigenvalue weighted by Gasteiger charge is -2.49. The Bertz CT molecular complexity index is 2180. The molecule has 6 rings (SSSR count). The third-order valence-electron chi connectivity index (χ3n) is 8.50. The van der Waals surface area contributed by atoms with Crippen LogP contribution in [-0.4, -0.2) is 81.8 Å². The third-order valence-corrected chi connectivity index (χ3v) is 8.50. The maximum absolute atomic E-state index is 14.0. The lowest BCUT2D eigenvalue weighted by atomic mass is 9.88. The normalized spacial score (nSPS) is 20.2. The lowest BCUT2D eigenvalue weighted by molar-refractivity contribution is -0.293. The van der Waals surface area contributed by atoms with Gasteiger partial charge in [-0.05, 0) is 48.5 Å². The maximum atomic E-state index is 14.0. The average Bonchev–Trinajstić information content (AvgIpc) is 3.71. The molecule has 4 aromatic carbocycles. The Morgan fingerprint density at radius 1 is 0.643 bits per heavy atom. The number of hydrogen-bond donors (Lipinski definition) is 1. The smallest absolute Gasteiger partial charge is 0.338 e. The summed E-state index contributed by atoms with van der Waals surface area (Å²) >= 11 is 0. The van der Waals surface area contributed by atoms with Gasteiger partial charge in [-0.2, -0.15) is 0 Å². The second-order valence-electron chi connectivity index (χ2n) is 12.3. The zero-order chi connectivity index (χ0) is 39.7. The molecule has 1 aliphatic rings. The van der Waals surface area contributed by atoms with Crippen LogP contribution in [-0.2, 0) is 50.3 Å². The van der Waals surface area contributed by atoms with E-state index in [0.29, 0.717) is 0 Å². The molecular formula is C40H34N4O12. The molecule has 2 N–H and O–H groups in total. The van der Waals surface area contributed by atoms with Gasteiger partial charge in [0.05, 0.1) is 28.5 Å². The number of primary amides is 1. The highest BCUT2D eigenvalue weighted by Crippen LogP contribution is 2.40. The van der Waals surface area contributed by atoms with E-state index in [1.165, 1.54) is 55.5 Å². The summed E-state index contributed by atoms with van der Waals surface area (Å²) in [6.07, 6.45) is -6.31. The molecule has 0 unspecified atom stereocenters. The first-order valence-electron chi connectivity index (χ1n) is 17.1. The zero-order valence-corrected chi connectivity index (χ0v) is 29.7. The largest absolute Gasteiger partial charge is 0.459 e. The summed E-state index contributed by atoms with van der Waals surface area (Å²) in [5, 5.41) is 8.00.